The first-order valence-electron chi connectivity index (χ1n) is 18.2. The van der Waals surface area contributed by atoms with Crippen LogP contribution in [-0.4, -0.2) is 136 Å². The Bertz CT molecular complexity index is 1270. The van der Waals surface area contributed by atoms with Gasteiger partial charge in [-0.15, -0.1) is 0 Å². The monoisotopic (exact) mass is 768 g/mol. The predicted molar refractivity (Wildman–Crippen MR) is 201 cm³/mol. The molecule has 2 aromatic carbocycles. The highest BCUT2D eigenvalue weighted by molar-refractivity contribution is 7.54. The zero-order valence-electron chi connectivity index (χ0n) is 31.3. The van der Waals surface area contributed by atoms with Crippen LogP contribution in [0, 0.1) is 0 Å². The van der Waals surface area contributed by atoms with Crippen LogP contribution in [0.4, 0.5) is 9.59 Å². The van der Waals surface area contributed by atoms with Crippen LogP contribution in [-0.2, 0) is 49.9 Å². The average molecular weight is 769 g/mol. The largest absolute Gasteiger partial charge is 0.445 e. The first-order chi connectivity index (χ1) is 25.1. The van der Waals surface area contributed by atoms with E-state index in [-0.39, 0.29) is 52.0 Å². The Morgan fingerprint density at radius 2 is 0.827 bits per heavy atom. The summed E-state index contributed by atoms with van der Waals surface area (Å²) in [6.45, 7) is 11.9. The Hall–Kier alpha value is -2.80. The van der Waals surface area contributed by atoms with Gasteiger partial charge in [-0.2, -0.15) is 0 Å². The summed E-state index contributed by atoms with van der Waals surface area (Å²) in [6, 6.07) is 19.0. The molecule has 52 heavy (non-hydrogen) atoms. The summed E-state index contributed by atoms with van der Waals surface area (Å²) < 4.78 is 60.4. The van der Waals surface area contributed by atoms with Gasteiger partial charge in [-0.25, -0.2) is 9.59 Å². The standard InChI is InChI=1S/C36H58N4O10P2/c1-5-47-51(43,48-6-2)29-27-37-19-23-39(35(41)45-31-33-15-11-9-12-16-33)25-21-38(28-30-52(44,49-7-3)50-8-4)22-26-40(24-20-37)36(42)46-32-34-17-13-10-14-18-34/h9-18H,5-8,19-32H2,1-4H3. The molecule has 0 aromatic heterocycles. The second-order valence-electron chi connectivity index (χ2n) is 12.1. The number of nitrogens with zero attached hydrogens (tertiary/aromatic N) is 4. The topological polar surface area (TPSA) is 137 Å². The van der Waals surface area contributed by atoms with Crippen molar-refractivity contribution in [2.24, 2.45) is 0 Å². The Kier molecular flexibility index (Phi) is 19.9. The maximum absolute atomic E-state index is 13.5. The molecule has 0 spiro atoms. The molecule has 1 saturated heterocycles. The van der Waals surface area contributed by atoms with Gasteiger partial charge >= 0.3 is 27.4 Å². The van der Waals surface area contributed by atoms with Crippen molar-refractivity contribution in [2.45, 2.75) is 40.9 Å². The summed E-state index contributed by atoms with van der Waals surface area (Å²) in [5, 5.41) is 0. The van der Waals surface area contributed by atoms with Gasteiger partial charge < -0.3 is 37.4 Å². The number of carbonyl (C=O) groups is 2. The van der Waals surface area contributed by atoms with Crippen LogP contribution >= 0.6 is 15.2 Å². The molecule has 292 valence electrons. The minimum atomic E-state index is -3.35. The summed E-state index contributed by atoms with van der Waals surface area (Å²) in [6.07, 6.45) is -0.621. The average Bonchev–Trinajstić information content (AvgIpc) is 3.13. The number of carbonyl (C=O) groups excluding carboxylic acids is 2. The van der Waals surface area contributed by atoms with Gasteiger partial charge in [0, 0.05) is 65.4 Å². The van der Waals surface area contributed by atoms with Gasteiger partial charge in [0.1, 0.15) is 13.2 Å². The molecular formula is C36H58N4O10P2. The fourth-order valence-electron chi connectivity index (χ4n) is 5.58. The molecule has 14 nitrogen and oxygen atoms in total. The number of hydrogen-bond donors (Lipinski definition) is 0. The minimum absolute atomic E-state index is 0.126. The molecular weight excluding hydrogens is 710 g/mol. The molecule has 0 saturated carbocycles. The van der Waals surface area contributed by atoms with Gasteiger partial charge in [-0.05, 0) is 38.8 Å². The van der Waals surface area contributed by atoms with Crippen molar-refractivity contribution in [3.8, 4) is 0 Å². The number of amides is 2. The van der Waals surface area contributed by atoms with Gasteiger partial charge in [0.15, 0.2) is 0 Å². The molecule has 16 heteroatoms. The van der Waals surface area contributed by atoms with Gasteiger partial charge in [0.05, 0.1) is 38.8 Å². The van der Waals surface area contributed by atoms with Crippen molar-refractivity contribution in [2.75, 3.05) is 104 Å². The zero-order chi connectivity index (χ0) is 37.7. The SMILES string of the molecule is CCOP(=O)(CCN1CCN(C(=O)OCc2ccccc2)CCN(CCP(=O)(OCC)OCC)CCN(C(=O)OCc2ccccc2)CC1)OCC. The number of rotatable bonds is 18. The van der Waals surface area contributed by atoms with Gasteiger partial charge in [0.25, 0.3) is 0 Å². The Balaban J connectivity index is 1.84. The van der Waals surface area contributed by atoms with Crippen molar-refractivity contribution in [3.05, 3.63) is 71.8 Å². The van der Waals surface area contributed by atoms with E-state index < -0.39 is 27.4 Å². The van der Waals surface area contributed by atoms with Crippen molar-refractivity contribution in [1.29, 1.82) is 0 Å². The summed E-state index contributed by atoms with van der Waals surface area (Å²) in [7, 11) is -6.69. The molecule has 0 bridgehead atoms. The molecule has 1 aliphatic heterocycles. The Morgan fingerprint density at radius 1 is 0.519 bits per heavy atom. The van der Waals surface area contributed by atoms with Crippen molar-refractivity contribution in [1.82, 2.24) is 19.6 Å². The lowest BCUT2D eigenvalue weighted by Crippen LogP contribution is -2.49. The third-order valence-electron chi connectivity index (χ3n) is 8.35. The third-order valence-corrected chi connectivity index (χ3v) is 12.5. The molecule has 0 atom stereocenters. The van der Waals surface area contributed by atoms with Crippen LogP contribution in [0.5, 0.6) is 0 Å². The maximum atomic E-state index is 13.5. The van der Waals surface area contributed by atoms with E-state index in [1.54, 1.807) is 37.5 Å². The molecule has 1 heterocycles. The van der Waals surface area contributed by atoms with Gasteiger partial charge in [0.2, 0.25) is 0 Å². The van der Waals surface area contributed by atoms with Crippen LogP contribution in [0.15, 0.2) is 60.7 Å². The summed E-state index contributed by atoms with van der Waals surface area (Å²) in [5.41, 5.74) is 1.75. The first kappa shape index (κ1) is 43.6. The van der Waals surface area contributed by atoms with Crippen molar-refractivity contribution >= 4 is 27.4 Å². The molecule has 2 aromatic rings. The lowest BCUT2D eigenvalue weighted by molar-refractivity contribution is 0.0728. The second kappa shape index (κ2) is 23.8. The van der Waals surface area contributed by atoms with Gasteiger partial charge in [-0.1, -0.05) is 60.7 Å². The van der Waals surface area contributed by atoms with E-state index in [4.69, 9.17) is 27.6 Å². The molecule has 1 aliphatic rings. The minimum Gasteiger partial charge on any atom is -0.445 e. The van der Waals surface area contributed by atoms with Crippen LogP contribution in [0.25, 0.3) is 0 Å². The smallest absolute Gasteiger partial charge is 0.410 e. The number of benzene rings is 2. The zero-order valence-corrected chi connectivity index (χ0v) is 33.1. The summed E-state index contributed by atoms with van der Waals surface area (Å²) in [5.74, 6) is 0. The van der Waals surface area contributed by atoms with Gasteiger partial charge in [-0.3, -0.25) is 18.9 Å². The number of ether oxygens (including phenoxy) is 2. The van der Waals surface area contributed by atoms with E-state index in [1.165, 1.54) is 0 Å². The molecule has 1 fully saturated rings. The molecule has 2 amide bonds. The van der Waals surface area contributed by atoms with Crippen LogP contribution in [0.3, 0.4) is 0 Å². The van der Waals surface area contributed by atoms with Crippen molar-refractivity contribution < 1.29 is 46.3 Å². The van der Waals surface area contributed by atoms with E-state index in [1.807, 2.05) is 60.7 Å². The van der Waals surface area contributed by atoms with E-state index in [0.717, 1.165) is 11.1 Å². The lowest BCUT2D eigenvalue weighted by atomic mass is 10.2. The van der Waals surface area contributed by atoms with E-state index in [2.05, 4.69) is 9.80 Å². The molecule has 0 radical (unpaired) electrons. The fraction of sp³-hybridized carbons (Fsp3) is 0.611. The van der Waals surface area contributed by atoms with E-state index in [9.17, 15) is 18.7 Å². The van der Waals surface area contributed by atoms with Crippen LogP contribution in [0.1, 0.15) is 38.8 Å². The third kappa shape index (κ3) is 16.1. The van der Waals surface area contributed by atoms with Crippen LogP contribution < -0.4 is 0 Å². The van der Waals surface area contributed by atoms with E-state index in [0.29, 0.717) is 65.4 Å². The molecule has 0 N–H and O–H groups in total. The molecule has 0 aliphatic carbocycles. The Labute approximate surface area is 309 Å². The quantitative estimate of drug-likeness (QED) is 0.155. The first-order valence-corrected chi connectivity index (χ1v) is 21.7. The van der Waals surface area contributed by atoms with E-state index >= 15 is 0 Å². The highest BCUT2D eigenvalue weighted by Crippen LogP contribution is 2.48. The maximum Gasteiger partial charge on any atom is 0.410 e. The fourth-order valence-corrected chi connectivity index (χ4v) is 8.87. The summed E-state index contributed by atoms with van der Waals surface area (Å²) >= 11 is 0. The van der Waals surface area contributed by atoms with Crippen LogP contribution in [0.2, 0.25) is 0 Å². The second-order valence-corrected chi connectivity index (χ2v) is 16.4. The highest BCUT2D eigenvalue weighted by Gasteiger charge is 2.29. The molecule has 3 rings (SSSR count). The normalized spacial score (nSPS) is 15.8. The number of hydrogen-bond acceptors (Lipinski definition) is 12. The van der Waals surface area contributed by atoms with Crippen molar-refractivity contribution in [3.63, 3.8) is 0 Å². The molecule has 0 unspecified atom stereocenters. The Morgan fingerprint density at radius 3 is 1.12 bits per heavy atom. The highest BCUT2D eigenvalue weighted by atomic mass is 31.2. The predicted octanol–water partition coefficient (Wildman–Crippen LogP) is 6.41. The lowest BCUT2D eigenvalue weighted by Gasteiger charge is -2.34. The summed E-state index contributed by atoms with van der Waals surface area (Å²) in [4.78, 5) is 34.5.